The standard InChI is InChI=1S/C10H10NO4/c12-8-4-2-1-3-7(8)11-9(13)5-6-10(14)15/h1-4H,5-6H2,(H,11,13)(H,14,15). The summed E-state index contributed by atoms with van der Waals surface area (Å²) in [5.41, 5.74) is 0.174. The predicted molar refractivity (Wildman–Crippen MR) is 52.1 cm³/mol. The van der Waals surface area contributed by atoms with Crippen molar-refractivity contribution in [1.29, 1.82) is 0 Å². The van der Waals surface area contributed by atoms with Crippen molar-refractivity contribution in [3.63, 3.8) is 0 Å². The largest absolute Gasteiger partial charge is 0.481 e. The minimum Gasteiger partial charge on any atom is -0.481 e. The summed E-state index contributed by atoms with van der Waals surface area (Å²) in [4.78, 5) is 21.3. The van der Waals surface area contributed by atoms with Gasteiger partial charge in [0.25, 0.3) is 0 Å². The molecule has 5 nitrogen and oxygen atoms in total. The Hall–Kier alpha value is -2.04. The molecule has 0 aliphatic carbocycles. The molecule has 0 aliphatic heterocycles. The third kappa shape index (κ3) is 3.68. The number of hydrogen-bond donors (Lipinski definition) is 2. The lowest BCUT2D eigenvalue weighted by Gasteiger charge is -2.03. The molecule has 0 bridgehead atoms. The van der Waals surface area contributed by atoms with Crippen LogP contribution in [0.3, 0.4) is 0 Å². The Balaban J connectivity index is 2.52. The van der Waals surface area contributed by atoms with E-state index in [1.807, 2.05) is 0 Å². The van der Waals surface area contributed by atoms with Crippen molar-refractivity contribution in [2.75, 3.05) is 5.32 Å². The van der Waals surface area contributed by atoms with Gasteiger partial charge >= 0.3 is 5.97 Å². The number of carbonyl (C=O) groups excluding carboxylic acids is 1. The van der Waals surface area contributed by atoms with Gasteiger partial charge in [0.05, 0.1) is 12.1 Å². The van der Waals surface area contributed by atoms with Gasteiger partial charge in [-0.05, 0) is 12.1 Å². The minimum atomic E-state index is -1.04. The summed E-state index contributed by atoms with van der Waals surface area (Å²) >= 11 is 0. The quantitative estimate of drug-likeness (QED) is 0.788. The lowest BCUT2D eigenvalue weighted by molar-refractivity contribution is -0.138. The molecule has 1 rings (SSSR count). The number of anilines is 1. The van der Waals surface area contributed by atoms with E-state index >= 15 is 0 Å². The first kappa shape index (κ1) is 11.0. The molecule has 0 spiro atoms. The molecule has 0 unspecified atom stereocenters. The molecule has 0 aromatic heterocycles. The lowest BCUT2D eigenvalue weighted by atomic mass is 10.2. The first-order valence-corrected chi connectivity index (χ1v) is 4.37. The van der Waals surface area contributed by atoms with Crippen LogP contribution in [0, 0.1) is 0 Å². The Morgan fingerprint density at radius 1 is 1.20 bits per heavy atom. The van der Waals surface area contributed by atoms with E-state index in [2.05, 4.69) is 5.32 Å². The van der Waals surface area contributed by atoms with E-state index < -0.39 is 11.9 Å². The molecule has 1 aromatic carbocycles. The number of rotatable bonds is 4. The molecule has 5 heteroatoms. The van der Waals surface area contributed by atoms with Gasteiger partial charge in [0.1, 0.15) is 0 Å². The molecule has 2 N–H and O–H groups in total. The highest BCUT2D eigenvalue weighted by Crippen LogP contribution is 2.22. The van der Waals surface area contributed by atoms with Gasteiger partial charge in [0, 0.05) is 6.42 Å². The highest BCUT2D eigenvalue weighted by molar-refractivity contribution is 5.93. The summed E-state index contributed by atoms with van der Waals surface area (Å²) in [5.74, 6) is -1.80. The Labute approximate surface area is 86.4 Å². The smallest absolute Gasteiger partial charge is 0.303 e. The van der Waals surface area contributed by atoms with Gasteiger partial charge in [-0.15, -0.1) is 0 Å². The molecule has 0 heterocycles. The summed E-state index contributed by atoms with van der Waals surface area (Å²) in [6.07, 6.45) is -0.378. The first-order valence-electron chi connectivity index (χ1n) is 4.37. The molecule has 0 fully saturated rings. The monoisotopic (exact) mass is 208 g/mol. The number of para-hydroxylation sites is 2. The molecule has 0 saturated heterocycles. The van der Waals surface area contributed by atoms with Crippen molar-refractivity contribution in [3.8, 4) is 5.75 Å². The van der Waals surface area contributed by atoms with Gasteiger partial charge < -0.3 is 10.4 Å². The normalized spacial score (nSPS) is 9.60. The fraction of sp³-hybridized carbons (Fsp3) is 0.200. The summed E-state index contributed by atoms with van der Waals surface area (Å²) < 4.78 is 0. The van der Waals surface area contributed by atoms with E-state index in [1.54, 1.807) is 12.1 Å². The van der Waals surface area contributed by atoms with Crippen molar-refractivity contribution >= 4 is 17.6 Å². The van der Waals surface area contributed by atoms with Gasteiger partial charge in [0.15, 0.2) is 0 Å². The van der Waals surface area contributed by atoms with Gasteiger partial charge in [-0.1, -0.05) is 12.1 Å². The Bertz CT molecular complexity index is 375. The molecule has 15 heavy (non-hydrogen) atoms. The zero-order valence-electron chi connectivity index (χ0n) is 7.90. The predicted octanol–water partition coefficient (Wildman–Crippen LogP) is 1.63. The molecule has 79 valence electrons. The highest BCUT2D eigenvalue weighted by Gasteiger charge is 2.08. The zero-order valence-corrected chi connectivity index (χ0v) is 7.90. The number of carboxylic acids is 1. The van der Waals surface area contributed by atoms with Crippen LogP contribution in [-0.2, 0) is 14.7 Å². The fourth-order valence-corrected chi connectivity index (χ4v) is 1.00. The second kappa shape index (κ2) is 4.99. The average Bonchev–Trinajstić information content (AvgIpc) is 2.18. The van der Waals surface area contributed by atoms with E-state index in [1.165, 1.54) is 12.1 Å². The van der Waals surface area contributed by atoms with Crippen molar-refractivity contribution in [3.05, 3.63) is 24.3 Å². The fourth-order valence-electron chi connectivity index (χ4n) is 1.00. The Morgan fingerprint density at radius 2 is 1.87 bits per heavy atom. The molecular formula is C10H10NO4. The molecule has 0 aliphatic rings. The van der Waals surface area contributed by atoms with E-state index in [4.69, 9.17) is 5.11 Å². The van der Waals surface area contributed by atoms with Crippen LogP contribution in [0.15, 0.2) is 24.3 Å². The number of aliphatic carboxylic acids is 1. The number of benzene rings is 1. The van der Waals surface area contributed by atoms with Crippen LogP contribution in [0.2, 0.25) is 0 Å². The van der Waals surface area contributed by atoms with Crippen LogP contribution < -0.4 is 5.32 Å². The van der Waals surface area contributed by atoms with Crippen LogP contribution >= 0.6 is 0 Å². The van der Waals surface area contributed by atoms with Crippen LogP contribution in [0.5, 0.6) is 5.75 Å². The maximum Gasteiger partial charge on any atom is 0.303 e. The Morgan fingerprint density at radius 3 is 2.47 bits per heavy atom. The van der Waals surface area contributed by atoms with E-state index in [9.17, 15) is 14.7 Å². The van der Waals surface area contributed by atoms with Crippen LogP contribution in [-0.4, -0.2) is 17.0 Å². The molecule has 0 saturated carbocycles. The maximum atomic E-state index is 11.2. The molecule has 1 aromatic rings. The molecule has 1 radical (unpaired) electrons. The van der Waals surface area contributed by atoms with Gasteiger partial charge in [-0.3, -0.25) is 14.7 Å². The van der Waals surface area contributed by atoms with Crippen molar-refractivity contribution < 1.29 is 19.8 Å². The average molecular weight is 208 g/mol. The first-order chi connectivity index (χ1) is 7.09. The van der Waals surface area contributed by atoms with Gasteiger partial charge in [0.2, 0.25) is 11.7 Å². The van der Waals surface area contributed by atoms with E-state index in [0.717, 1.165) is 0 Å². The van der Waals surface area contributed by atoms with E-state index in [0.29, 0.717) is 0 Å². The second-order valence-electron chi connectivity index (χ2n) is 2.94. The lowest BCUT2D eigenvalue weighted by Crippen LogP contribution is -2.13. The second-order valence-corrected chi connectivity index (χ2v) is 2.94. The van der Waals surface area contributed by atoms with Crippen molar-refractivity contribution in [2.45, 2.75) is 12.8 Å². The third-order valence-corrected chi connectivity index (χ3v) is 1.73. The number of amides is 1. The zero-order chi connectivity index (χ0) is 11.3. The summed E-state index contributed by atoms with van der Waals surface area (Å²) in [6, 6.07) is 5.98. The summed E-state index contributed by atoms with van der Waals surface area (Å²) in [5, 5.41) is 21.9. The summed E-state index contributed by atoms with van der Waals surface area (Å²) in [6.45, 7) is 0. The third-order valence-electron chi connectivity index (χ3n) is 1.73. The maximum absolute atomic E-state index is 11.2. The number of carbonyl (C=O) groups is 2. The number of carboxylic acid groups (broad SMARTS) is 1. The minimum absolute atomic E-state index is 0.135. The SMILES string of the molecule is [O]c1ccccc1NC(=O)CCC(=O)O. The highest BCUT2D eigenvalue weighted by atomic mass is 16.4. The molecule has 1 amide bonds. The van der Waals surface area contributed by atoms with Crippen LogP contribution in [0.25, 0.3) is 0 Å². The number of nitrogens with one attached hydrogen (secondary N) is 1. The molecular weight excluding hydrogens is 198 g/mol. The number of hydrogen-bond acceptors (Lipinski definition) is 2. The molecule has 0 atom stereocenters. The van der Waals surface area contributed by atoms with Crippen LogP contribution in [0.4, 0.5) is 5.69 Å². The van der Waals surface area contributed by atoms with Gasteiger partial charge in [-0.2, -0.15) is 0 Å². The van der Waals surface area contributed by atoms with Gasteiger partial charge in [-0.25, -0.2) is 0 Å². The van der Waals surface area contributed by atoms with Crippen LogP contribution in [0.1, 0.15) is 12.8 Å². The topological polar surface area (TPSA) is 86.3 Å². The van der Waals surface area contributed by atoms with Crippen molar-refractivity contribution in [1.82, 2.24) is 0 Å². The van der Waals surface area contributed by atoms with Crippen molar-refractivity contribution in [2.24, 2.45) is 0 Å². The summed E-state index contributed by atoms with van der Waals surface area (Å²) in [7, 11) is 0. The van der Waals surface area contributed by atoms with E-state index in [-0.39, 0.29) is 24.3 Å². The Kier molecular flexibility index (Phi) is 3.68.